The van der Waals surface area contributed by atoms with Crippen molar-refractivity contribution >= 4 is 26.0 Å². The zero-order valence-corrected chi connectivity index (χ0v) is 13.4. The number of benzene rings is 1. The minimum Gasteiger partial charge on any atom is -0.208 e. The summed E-state index contributed by atoms with van der Waals surface area (Å²) >= 11 is 3.31. The van der Waals surface area contributed by atoms with Crippen LogP contribution >= 0.6 is 15.9 Å². The van der Waals surface area contributed by atoms with E-state index < -0.39 is 26.7 Å². The first kappa shape index (κ1) is 16.8. The molecule has 118 valence electrons. The van der Waals surface area contributed by atoms with Crippen LogP contribution in [0.5, 0.6) is 0 Å². The van der Waals surface area contributed by atoms with Gasteiger partial charge in [-0.1, -0.05) is 34.5 Å². The molecule has 2 atom stereocenters. The molecule has 2 rings (SSSR count). The van der Waals surface area contributed by atoms with Crippen LogP contribution in [0.2, 0.25) is 0 Å². The van der Waals surface area contributed by atoms with Crippen molar-refractivity contribution in [3.05, 3.63) is 29.8 Å². The summed E-state index contributed by atoms with van der Waals surface area (Å²) in [5.41, 5.74) is -1.13. The van der Waals surface area contributed by atoms with E-state index in [4.69, 9.17) is 0 Å². The average molecular weight is 386 g/mol. The van der Waals surface area contributed by atoms with Gasteiger partial charge in [0.25, 0.3) is 0 Å². The third-order valence-electron chi connectivity index (χ3n) is 3.65. The number of halogens is 4. The summed E-state index contributed by atoms with van der Waals surface area (Å²) in [5, 5.41) is 0.626. The normalized spacial score (nSPS) is 23.4. The van der Waals surface area contributed by atoms with Gasteiger partial charge in [0.2, 0.25) is 10.0 Å². The Hall–Kier alpha value is -0.600. The largest absolute Gasteiger partial charge is 0.417 e. The molecule has 2 unspecified atom stereocenters. The van der Waals surface area contributed by atoms with Gasteiger partial charge < -0.3 is 0 Å². The maximum Gasteiger partial charge on any atom is 0.417 e. The molecule has 1 saturated carbocycles. The van der Waals surface area contributed by atoms with Gasteiger partial charge >= 0.3 is 6.18 Å². The Morgan fingerprint density at radius 2 is 1.90 bits per heavy atom. The van der Waals surface area contributed by atoms with Crippen molar-refractivity contribution in [3.8, 4) is 0 Å². The van der Waals surface area contributed by atoms with Gasteiger partial charge in [0, 0.05) is 11.4 Å². The molecular formula is C13H15BrF3NO2S. The van der Waals surface area contributed by atoms with Crippen molar-refractivity contribution in [2.24, 2.45) is 5.92 Å². The average Bonchev–Trinajstić information content (AvgIpc) is 2.84. The van der Waals surface area contributed by atoms with Gasteiger partial charge in [0.1, 0.15) is 0 Å². The molecule has 1 aromatic carbocycles. The predicted molar refractivity (Wildman–Crippen MR) is 76.7 cm³/mol. The molecule has 0 radical (unpaired) electrons. The standard InChI is InChI=1S/C13H15BrF3NO2S/c14-8-9-4-3-6-11(9)18-21(19,20)12-7-2-1-5-10(12)13(15,16)17/h1-2,5,7,9,11,18H,3-4,6,8H2. The lowest BCUT2D eigenvalue weighted by Gasteiger charge is -2.20. The Balaban J connectivity index is 2.32. The fourth-order valence-corrected chi connectivity index (χ4v) is 4.92. The minimum atomic E-state index is -4.70. The lowest BCUT2D eigenvalue weighted by Crippen LogP contribution is -2.38. The molecule has 0 spiro atoms. The Morgan fingerprint density at radius 3 is 2.52 bits per heavy atom. The van der Waals surface area contributed by atoms with E-state index in [1.54, 1.807) is 0 Å². The van der Waals surface area contributed by atoms with Crippen molar-refractivity contribution < 1.29 is 21.6 Å². The van der Waals surface area contributed by atoms with Crippen molar-refractivity contribution in [2.45, 2.75) is 36.4 Å². The van der Waals surface area contributed by atoms with Crippen LogP contribution in [-0.2, 0) is 16.2 Å². The summed E-state index contributed by atoms with van der Waals surface area (Å²) in [6.07, 6.45) is -2.33. The summed E-state index contributed by atoms with van der Waals surface area (Å²) in [6, 6.07) is 3.92. The van der Waals surface area contributed by atoms with E-state index in [2.05, 4.69) is 20.7 Å². The summed E-state index contributed by atoms with van der Waals surface area (Å²) in [6.45, 7) is 0. The van der Waals surface area contributed by atoms with Crippen LogP contribution in [0, 0.1) is 5.92 Å². The predicted octanol–water partition coefficient (Wildman–Crippen LogP) is 3.55. The molecule has 0 bridgehead atoms. The number of alkyl halides is 4. The topological polar surface area (TPSA) is 46.2 Å². The molecule has 1 N–H and O–H groups in total. The zero-order chi connectivity index (χ0) is 15.7. The molecular weight excluding hydrogens is 371 g/mol. The van der Waals surface area contributed by atoms with Crippen molar-refractivity contribution in [1.82, 2.24) is 4.72 Å². The summed E-state index contributed by atoms with van der Waals surface area (Å²) in [5.74, 6) is 0.109. The molecule has 0 aromatic heterocycles. The van der Waals surface area contributed by atoms with Crippen molar-refractivity contribution in [3.63, 3.8) is 0 Å². The van der Waals surface area contributed by atoms with E-state index in [0.29, 0.717) is 11.8 Å². The van der Waals surface area contributed by atoms with Gasteiger partial charge in [-0.3, -0.25) is 0 Å². The van der Waals surface area contributed by atoms with E-state index in [0.717, 1.165) is 25.0 Å². The summed E-state index contributed by atoms with van der Waals surface area (Å²) in [4.78, 5) is -0.710. The van der Waals surface area contributed by atoms with Crippen LogP contribution < -0.4 is 4.72 Å². The molecule has 1 aliphatic rings. The van der Waals surface area contributed by atoms with Gasteiger partial charge in [0.15, 0.2) is 0 Å². The van der Waals surface area contributed by atoms with Crippen LogP contribution in [0.25, 0.3) is 0 Å². The highest BCUT2D eigenvalue weighted by Gasteiger charge is 2.38. The SMILES string of the molecule is O=S(=O)(NC1CCCC1CBr)c1ccccc1C(F)(F)F. The third kappa shape index (κ3) is 3.78. The minimum absolute atomic E-state index is 0.109. The first-order valence-corrected chi connectivity index (χ1v) is 9.10. The van der Waals surface area contributed by atoms with Gasteiger partial charge in [-0.25, -0.2) is 13.1 Å². The molecule has 1 aliphatic carbocycles. The molecule has 0 saturated heterocycles. The number of nitrogens with one attached hydrogen (secondary N) is 1. The van der Waals surface area contributed by atoms with Crippen LogP contribution in [0.1, 0.15) is 24.8 Å². The van der Waals surface area contributed by atoms with E-state index in [-0.39, 0.29) is 12.0 Å². The molecule has 1 fully saturated rings. The molecule has 0 aliphatic heterocycles. The quantitative estimate of drug-likeness (QED) is 0.805. The Kier molecular flexibility index (Phi) is 4.99. The molecule has 8 heteroatoms. The summed E-state index contributed by atoms with van der Waals surface area (Å²) in [7, 11) is -4.19. The van der Waals surface area contributed by atoms with E-state index in [1.807, 2.05) is 0 Å². The maximum atomic E-state index is 12.9. The van der Waals surface area contributed by atoms with E-state index in [1.165, 1.54) is 12.1 Å². The number of hydrogen-bond donors (Lipinski definition) is 1. The fourth-order valence-electron chi connectivity index (χ4n) is 2.57. The first-order chi connectivity index (χ1) is 9.75. The zero-order valence-electron chi connectivity index (χ0n) is 11.0. The van der Waals surface area contributed by atoms with Crippen LogP contribution in [-0.4, -0.2) is 19.8 Å². The van der Waals surface area contributed by atoms with Gasteiger partial charge in [0.05, 0.1) is 10.5 Å². The summed E-state index contributed by atoms with van der Waals surface area (Å²) < 4.78 is 65.8. The number of hydrogen-bond acceptors (Lipinski definition) is 2. The van der Waals surface area contributed by atoms with E-state index in [9.17, 15) is 21.6 Å². The number of rotatable bonds is 4. The van der Waals surface area contributed by atoms with Crippen LogP contribution in [0.15, 0.2) is 29.2 Å². The van der Waals surface area contributed by atoms with E-state index >= 15 is 0 Å². The first-order valence-electron chi connectivity index (χ1n) is 6.50. The van der Waals surface area contributed by atoms with Crippen LogP contribution in [0.3, 0.4) is 0 Å². The van der Waals surface area contributed by atoms with Crippen LogP contribution in [0.4, 0.5) is 13.2 Å². The van der Waals surface area contributed by atoms with Gasteiger partial charge in [-0.15, -0.1) is 0 Å². The Labute approximate surface area is 130 Å². The second kappa shape index (κ2) is 6.26. The molecule has 3 nitrogen and oxygen atoms in total. The highest BCUT2D eigenvalue weighted by molar-refractivity contribution is 9.09. The van der Waals surface area contributed by atoms with Crippen molar-refractivity contribution in [2.75, 3.05) is 5.33 Å². The monoisotopic (exact) mass is 385 g/mol. The second-order valence-corrected chi connectivity index (χ2v) is 7.40. The highest BCUT2D eigenvalue weighted by atomic mass is 79.9. The molecule has 0 heterocycles. The third-order valence-corrected chi connectivity index (χ3v) is 6.03. The Bertz CT molecular complexity index is 604. The van der Waals surface area contributed by atoms with Crippen molar-refractivity contribution in [1.29, 1.82) is 0 Å². The Morgan fingerprint density at radius 1 is 1.24 bits per heavy atom. The number of sulfonamides is 1. The fraction of sp³-hybridized carbons (Fsp3) is 0.538. The highest BCUT2D eigenvalue weighted by Crippen LogP contribution is 2.35. The smallest absolute Gasteiger partial charge is 0.208 e. The maximum absolute atomic E-state index is 12.9. The lowest BCUT2D eigenvalue weighted by molar-refractivity contribution is -0.139. The molecule has 1 aromatic rings. The van der Waals surface area contributed by atoms with Gasteiger partial charge in [-0.2, -0.15) is 13.2 Å². The van der Waals surface area contributed by atoms with Gasteiger partial charge in [-0.05, 0) is 30.9 Å². The molecule has 21 heavy (non-hydrogen) atoms. The molecule has 0 amide bonds. The lowest BCUT2D eigenvalue weighted by atomic mass is 10.1. The second-order valence-electron chi connectivity index (χ2n) is 5.07.